The zero-order valence-electron chi connectivity index (χ0n) is 16.7. The van der Waals surface area contributed by atoms with Gasteiger partial charge >= 0.3 is 0 Å². The predicted octanol–water partition coefficient (Wildman–Crippen LogP) is 2.71. The molecule has 0 aliphatic carbocycles. The van der Waals surface area contributed by atoms with Crippen molar-refractivity contribution < 1.29 is 17.9 Å². The molecule has 7 heteroatoms. The number of hydrogen-bond donors (Lipinski definition) is 1. The molecule has 0 radical (unpaired) electrons. The van der Waals surface area contributed by atoms with E-state index in [1.165, 1.54) is 5.56 Å². The van der Waals surface area contributed by atoms with Gasteiger partial charge in [0.2, 0.25) is 10.0 Å². The summed E-state index contributed by atoms with van der Waals surface area (Å²) >= 11 is 0. The molecule has 1 saturated heterocycles. The SMILES string of the molecule is COCCNC(=O)c1ccc(CC2CCN(S(=O)(=O)c3ccccc3)CC2)cc1. The van der Waals surface area contributed by atoms with E-state index in [1.807, 2.05) is 30.3 Å². The number of sulfonamides is 1. The minimum absolute atomic E-state index is 0.104. The number of methoxy groups -OCH3 is 1. The quantitative estimate of drug-likeness (QED) is 0.672. The van der Waals surface area contributed by atoms with E-state index in [1.54, 1.807) is 35.7 Å². The molecule has 1 fully saturated rings. The van der Waals surface area contributed by atoms with Gasteiger partial charge < -0.3 is 10.1 Å². The molecule has 3 rings (SSSR count). The number of carbonyl (C=O) groups is 1. The van der Waals surface area contributed by atoms with Crippen LogP contribution in [0, 0.1) is 5.92 Å². The number of hydrogen-bond acceptors (Lipinski definition) is 4. The van der Waals surface area contributed by atoms with E-state index in [0.29, 0.717) is 42.6 Å². The Labute approximate surface area is 172 Å². The van der Waals surface area contributed by atoms with E-state index in [0.717, 1.165) is 19.3 Å². The Hall–Kier alpha value is -2.22. The van der Waals surface area contributed by atoms with Crippen LogP contribution in [0.5, 0.6) is 0 Å². The Morgan fingerprint density at radius 2 is 1.72 bits per heavy atom. The molecule has 1 aliphatic rings. The fourth-order valence-electron chi connectivity index (χ4n) is 3.59. The number of carbonyl (C=O) groups excluding carboxylic acids is 1. The number of ether oxygens (including phenoxy) is 1. The van der Waals surface area contributed by atoms with E-state index >= 15 is 0 Å². The molecule has 1 heterocycles. The van der Waals surface area contributed by atoms with Crippen LogP contribution in [-0.4, -0.2) is 52.0 Å². The molecule has 29 heavy (non-hydrogen) atoms. The molecule has 0 bridgehead atoms. The number of nitrogens with zero attached hydrogens (tertiary/aromatic N) is 1. The standard InChI is InChI=1S/C22H28N2O4S/c1-28-16-13-23-22(25)20-9-7-18(8-10-20)17-19-11-14-24(15-12-19)29(26,27)21-5-3-2-4-6-21/h2-10,19H,11-17H2,1H3,(H,23,25). The molecule has 0 saturated carbocycles. The molecule has 2 aromatic carbocycles. The van der Waals surface area contributed by atoms with Crippen LogP contribution in [0.25, 0.3) is 0 Å². The van der Waals surface area contributed by atoms with Gasteiger partial charge in [0.05, 0.1) is 11.5 Å². The van der Waals surface area contributed by atoms with Crippen LogP contribution < -0.4 is 5.32 Å². The van der Waals surface area contributed by atoms with Crippen LogP contribution in [0.2, 0.25) is 0 Å². The molecular formula is C22H28N2O4S. The first-order valence-corrected chi connectivity index (χ1v) is 11.4. The van der Waals surface area contributed by atoms with Crippen molar-refractivity contribution >= 4 is 15.9 Å². The van der Waals surface area contributed by atoms with Crippen LogP contribution in [0.4, 0.5) is 0 Å². The summed E-state index contributed by atoms with van der Waals surface area (Å²) in [5.74, 6) is 0.339. The van der Waals surface area contributed by atoms with Gasteiger partial charge in [0.25, 0.3) is 5.91 Å². The predicted molar refractivity (Wildman–Crippen MR) is 112 cm³/mol. The van der Waals surface area contributed by atoms with Gasteiger partial charge in [0.1, 0.15) is 0 Å². The van der Waals surface area contributed by atoms with Crippen LogP contribution in [-0.2, 0) is 21.2 Å². The van der Waals surface area contributed by atoms with Gasteiger partial charge in [0, 0.05) is 32.3 Å². The second-order valence-electron chi connectivity index (χ2n) is 7.31. The molecule has 156 valence electrons. The zero-order chi connectivity index (χ0) is 20.7. The normalized spacial score (nSPS) is 15.9. The van der Waals surface area contributed by atoms with Gasteiger partial charge in [-0.25, -0.2) is 8.42 Å². The highest BCUT2D eigenvalue weighted by Crippen LogP contribution is 2.26. The fourth-order valence-corrected chi connectivity index (χ4v) is 5.08. The molecule has 0 aromatic heterocycles. The lowest BCUT2D eigenvalue weighted by Gasteiger charge is -2.31. The molecule has 0 atom stereocenters. The van der Waals surface area contributed by atoms with Crippen LogP contribution >= 0.6 is 0 Å². The number of nitrogens with one attached hydrogen (secondary N) is 1. The number of amides is 1. The van der Waals surface area contributed by atoms with Crippen molar-refractivity contribution in [3.8, 4) is 0 Å². The minimum Gasteiger partial charge on any atom is -0.383 e. The molecule has 0 spiro atoms. The summed E-state index contributed by atoms with van der Waals surface area (Å²) in [5.41, 5.74) is 1.80. The van der Waals surface area contributed by atoms with E-state index in [2.05, 4.69) is 5.32 Å². The third-order valence-corrected chi connectivity index (χ3v) is 7.20. The highest BCUT2D eigenvalue weighted by Gasteiger charge is 2.29. The van der Waals surface area contributed by atoms with Gasteiger partial charge in [-0.15, -0.1) is 0 Å². The molecule has 0 unspecified atom stereocenters. The van der Waals surface area contributed by atoms with Crippen molar-refractivity contribution in [1.82, 2.24) is 9.62 Å². The Kier molecular flexibility index (Phi) is 7.41. The fraction of sp³-hybridized carbons (Fsp3) is 0.409. The average molecular weight is 417 g/mol. The Balaban J connectivity index is 1.51. The van der Waals surface area contributed by atoms with E-state index in [4.69, 9.17) is 4.74 Å². The largest absolute Gasteiger partial charge is 0.383 e. The van der Waals surface area contributed by atoms with E-state index in [-0.39, 0.29) is 5.91 Å². The van der Waals surface area contributed by atoms with Crippen molar-refractivity contribution in [3.05, 3.63) is 65.7 Å². The average Bonchev–Trinajstić information content (AvgIpc) is 2.75. The minimum atomic E-state index is -3.40. The lowest BCUT2D eigenvalue weighted by atomic mass is 9.91. The molecule has 2 aromatic rings. The van der Waals surface area contributed by atoms with Gasteiger partial charge in [0.15, 0.2) is 0 Å². The molecule has 1 amide bonds. The smallest absolute Gasteiger partial charge is 0.251 e. The summed E-state index contributed by atoms with van der Waals surface area (Å²) in [5, 5.41) is 2.81. The van der Waals surface area contributed by atoms with Gasteiger partial charge in [-0.2, -0.15) is 4.31 Å². The Bertz CT molecular complexity index is 890. The summed E-state index contributed by atoms with van der Waals surface area (Å²) in [6.07, 6.45) is 2.57. The van der Waals surface area contributed by atoms with E-state index < -0.39 is 10.0 Å². The number of rotatable bonds is 8. The molecular weight excluding hydrogens is 388 g/mol. The summed E-state index contributed by atoms with van der Waals surface area (Å²) < 4.78 is 32.0. The second kappa shape index (κ2) is 10.0. The lowest BCUT2D eigenvalue weighted by molar-refractivity contribution is 0.0937. The van der Waals surface area contributed by atoms with Crippen LogP contribution in [0.3, 0.4) is 0 Å². The van der Waals surface area contributed by atoms with E-state index in [9.17, 15) is 13.2 Å². The van der Waals surface area contributed by atoms with Crippen LogP contribution in [0.1, 0.15) is 28.8 Å². The van der Waals surface area contributed by atoms with Gasteiger partial charge in [-0.05, 0) is 55.0 Å². The van der Waals surface area contributed by atoms with Gasteiger partial charge in [-0.3, -0.25) is 4.79 Å². The summed E-state index contributed by atoms with van der Waals surface area (Å²) in [7, 11) is -1.80. The topological polar surface area (TPSA) is 75.7 Å². The highest BCUT2D eigenvalue weighted by molar-refractivity contribution is 7.89. The second-order valence-corrected chi connectivity index (χ2v) is 9.25. The highest BCUT2D eigenvalue weighted by atomic mass is 32.2. The van der Waals surface area contributed by atoms with Crippen molar-refractivity contribution in [1.29, 1.82) is 0 Å². The summed E-state index contributed by atoms with van der Waals surface area (Å²) in [4.78, 5) is 12.4. The first-order chi connectivity index (χ1) is 14.0. The Morgan fingerprint density at radius 3 is 2.34 bits per heavy atom. The number of benzene rings is 2. The molecule has 6 nitrogen and oxygen atoms in total. The molecule has 1 aliphatic heterocycles. The maximum atomic E-state index is 12.7. The summed E-state index contributed by atoms with van der Waals surface area (Å²) in [6.45, 7) is 2.06. The first kappa shape index (κ1) is 21.5. The Morgan fingerprint density at radius 1 is 1.07 bits per heavy atom. The third kappa shape index (κ3) is 5.65. The van der Waals surface area contributed by atoms with Crippen molar-refractivity contribution in [3.63, 3.8) is 0 Å². The zero-order valence-corrected chi connectivity index (χ0v) is 17.5. The maximum absolute atomic E-state index is 12.7. The van der Waals surface area contributed by atoms with Crippen molar-refractivity contribution in [2.24, 2.45) is 5.92 Å². The number of piperidine rings is 1. The van der Waals surface area contributed by atoms with Crippen LogP contribution in [0.15, 0.2) is 59.5 Å². The monoisotopic (exact) mass is 416 g/mol. The third-order valence-electron chi connectivity index (χ3n) is 5.29. The first-order valence-electron chi connectivity index (χ1n) is 9.92. The lowest BCUT2D eigenvalue weighted by Crippen LogP contribution is -2.38. The maximum Gasteiger partial charge on any atom is 0.251 e. The summed E-state index contributed by atoms with van der Waals surface area (Å²) in [6, 6.07) is 16.3. The van der Waals surface area contributed by atoms with Crippen molar-refractivity contribution in [2.75, 3.05) is 33.4 Å². The van der Waals surface area contributed by atoms with Gasteiger partial charge in [-0.1, -0.05) is 30.3 Å². The van der Waals surface area contributed by atoms with Crippen molar-refractivity contribution in [2.45, 2.75) is 24.2 Å². The molecule has 1 N–H and O–H groups in total.